The molecule has 0 spiro atoms. The average molecular weight is 412 g/mol. The molecule has 1 aromatic heterocycles. The lowest BCUT2D eigenvalue weighted by Gasteiger charge is -2.12. The van der Waals surface area contributed by atoms with Gasteiger partial charge in [0.2, 0.25) is 18.6 Å². The van der Waals surface area contributed by atoms with Gasteiger partial charge in [-0.25, -0.2) is 4.98 Å². The number of hydrogen-bond acceptors (Lipinski definition) is 7. The van der Waals surface area contributed by atoms with Crippen molar-refractivity contribution in [3.05, 3.63) is 59.2 Å². The Labute approximate surface area is 172 Å². The first-order valence-electron chi connectivity index (χ1n) is 8.87. The van der Waals surface area contributed by atoms with Crippen LogP contribution >= 0.6 is 11.6 Å². The van der Waals surface area contributed by atoms with Gasteiger partial charge in [-0.05, 0) is 35.9 Å². The Morgan fingerprint density at radius 2 is 1.93 bits per heavy atom. The summed E-state index contributed by atoms with van der Waals surface area (Å²) < 4.78 is 10.9. The Hall–Kier alpha value is -3.52. The highest BCUT2D eigenvalue weighted by Gasteiger charge is 2.21. The number of ether oxygens (including phenoxy) is 2. The highest BCUT2D eigenvalue weighted by atomic mass is 35.5. The van der Waals surface area contributed by atoms with Crippen molar-refractivity contribution in [3.8, 4) is 11.5 Å². The molecule has 29 heavy (non-hydrogen) atoms. The van der Waals surface area contributed by atoms with Crippen LogP contribution in [0.3, 0.4) is 0 Å². The number of fused-ring (bicyclic) bond motifs is 1. The van der Waals surface area contributed by atoms with Crippen LogP contribution in [0.15, 0.2) is 48.7 Å². The second-order valence-electron chi connectivity index (χ2n) is 6.28. The lowest BCUT2D eigenvalue weighted by atomic mass is 10.2. The summed E-state index contributed by atoms with van der Waals surface area (Å²) in [5, 5.41) is 9.58. The third-order valence-electron chi connectivity index (χ3n) is 4.15. The van der Waals surface area contributed by atoms with Crippen molar-refractivity contribution in [2.45, 2.75) is 13.5 Å². The lowest BCUT2D eigenvalue weighted by Crippen LogP contribution is -2.18. The van der Waals surface area contributed by atoms with Gasteiger partial charge in [-0.1, -0.05) is 23.7 Å². The molecule has 1 aliphatic rings. The summed E-state index contributed by atoms with van der Waals surface area (Å²) in [5.74, 6) is 2.09. The van der Waals surface area contributed by atoms with Crippen LogP contribution in [0.25, 0.3) is 0 Å². The first kappa shape index (κ1) is 18.8. The van der Waals surface area contributed by atoms with Gasteiger partial charge in [0.15, 0.2) is 11.5 Å². The van der Waals surface area contributed by atoms with E-state index in [4.69, 9.17) is 21.1 Å². The van der Waals surface area contributed by atoms with E-state index in [1.54, 1.807) is 24.4 Å². The molecule has 1 aliphatic heterocycles. The Morgan fingerprint density at radius 1 is 1.10 bits per heavy atom. The van der Waals surface area contributed by atoms with Gasteiger partial charge in [0, 0.05) is 25.4 Å². The largest absolute Gasteiger partial charge is 0.454 e. The fourth-order valence-electron chi connectivity index (χ4n) is 2.74. The summed E-state index contributed by atoms with van der Waals surface area (Å²) in [4.78, 5) is 19.7. The molecule has 2 heterocycles. The third-order valence-corrected chi connectivity index (χ3v) is 4.46. The van der Waals surface area contributed by atoms with Crippen LogP contribution in [-0.2, 0) is 11.3 Å². The predicted octanol–water partition coefficient (Wildman–Crippen LogP) is 3.98. The molecule has 148 valence electrons. The minimum absolute atomic E-state index is 0.0639. The number of halogens is 1. The van der Waals surface area contributed by atoms with E-state index in [1.807, 2.05) is 24.3 Å². The summed E-state index contributed by atoms with van der Waals surface area (Å²) in [6.45, 7) is 2.13. The number of hydrogen-bond donors (Lipinski definition) is 3. The monoisotopic (exact) mass is 411 g/mol. The SMILES string of the molecule is CC(=O)NCc1ccc(Nc2nccc(Nc3c(Cl)ccc4c3OCO4)n2)cc1. The molecule has 0 radical (unpaired) electrons. The molecule has 4 rings (SSSR count). The van der Waals surface area contributed by atoms with Crippen LogP contribution in [0.4, 0.5) is 23.1 Å². The van der Waals surface area contributed by atoms with E-state index in [0.717, 1.165) is 11.3 Å². The van der Waals surface area contributed by atoms with Crippen LogP contribution in [0, 0.1) is 0 Å². The first-order valence-corrected chi connectivity index (χ1v) is 9.25. The second-order valence-corrected chi connectivity index (χ2v) is 6.69. The van der Waals surface area contributed by atoms with Crippen molar-refractivity contribution in [2.24, 2.45) is 0 Å². The molecule has 3 aromatic rings. The molecular weight excluding hydrogens is 394 g/mol. The highest BCUT2D eigenvalue weighted by Crippen LogP contribution is 2.44. The highest BCUT2D eigenvalue weighted by molar-refractivity contribution is 6.33. The van der Waals surface area contributed by atoms with Gasteiger partial charge in [0.05, 0.1) is 5.02 Å². The van der Waals surface area contributed by atoms with E-state index < -0.39 is 0 Å². The number of carbonyl (C=O) groups is 1. The molecule has 0 bridgehead atoms. The average Bonchev–Trinajstić information content (AvgIpc) is 3.19. The van der Waals surface area contributed by atoms with E-state index in [-0.39, 0.29) is 12.7 Å². The van der Waals surface area contributed by atoms with Gasteiger partial charge in [0.25, 0.3) is 0 Å². The number of nitrogens with one attached hydrogen (secondary N) is 3. The maximum absolute atomic E-state index is 11.0. The molecule has 0 saturated carbocycles. The Bertz CT molecular complexity index is 1040. The number of anilines is 4. The van der Waals surface area contributed by atoms with Gasteiger partial charge < -0.3 is 25.4 Å². The summed E-state index contributed by atoms with van der Waals surface area (Å²) in [5.41, 5.74) is 2.41. The summed E-state index contributed by atoms with van der Waals surface area (Å²) in [6, 6.07) is 12.9. The molecule has 8 nitrogen and oxygen atoms in total. The molecule has 1 amide bonds. The standard InChI is InChI=1S/C20H18ClN5O3/c1-12(27)23-10-13-2-4-14(5-3-13)24-20-22-9-8-17(26-20)25-18-15(21)6-7-16-19(18)29-11-28-16/h2-9H,10-11H2,1H3,(H,23,27)(H2,22,24,25,26). The van der Waals surface area contributed by atoms with E-state index >= 15 is 0 Å². The minimum atomic E-state index is -0.0639. The molecule has 0 unspecified atom stereocenters. The number of amides is 1. The van der Waals surface area contributed by atoms with Crippen molar-refractivity contribution in [1.29, 1.82) is 0 Å². The number of rotatable bonds is 6. The van der Waals surface area contributed by atoms with E-state index in [0.29, 0.717) is 40.5 Å². The Morgan fingerprint density at radius 3 is 2.72 bits per heavy atom. The third kappa shape index (κ3) is 4.49. The fourth-order valence-corrected chi connectivity index (χ4v) is 2.94. The van der Waals surface area contributed by atoms with Crippen molar-refractivity contribution in [1.82, 2.24) is 15.3 Å². The fraction of sp³-hybridized carbons (Fsp3) is 0.150. The van der Waals surface area contributed by atoms with Gasteiger partial charge in [-0.2, -0.15) is 4.98 Å². The number of aromatic nitrogens is 2. The predicted molar refractivity (Wildman–Crippen MR) is 110 cm³/mol. The van der Waals surface area contributed by atoms with E-state index in [9.17, 15) is 4.79 Å². The Balaban J connectivity index is 1.47. The molecule has 3 N–H and O–H groups in total. The summed E-state index contributed by atoms with van der Waals surface area (Å²) in [7, 11) is 0. The van der Waals surface area contributed by atoms with Gasteiger partial charge >= 0.3 is 0 Å². The maximum Gasteiger partial charge on any atom is 0.231 e. The summed E-state index contributed by atoms with van der Waals surface area (Å²) in [6.07, 6.45) is 1.64. The molecule has 2 aromatic carbocycles. The first-order chi connectivity index (χ1) is 14.1. The molecular formula is C20H18ClN5O3. The van der Waals surface area contributed by atoms with Crippen molar-refractivity contribution in [2.75, 3.05) is 17.4 Å². The molecule has 0 aliphatic carbocycles. The van der Waals surface area contributed by atoms with E-state index in [1.165, 1.54) is 6.92 Å². The normalized spacial score (nSPS) is 11.8. The number of carbonyl (C=O) groups excluding carboxylic acids is 1. The van der Waals surface area contributed by atoms with Crippen LogP contribution < -0.4 is 25.4 Å². The smallest absolute Gasteiger partial charge is 0.231 e. The molecule has 0 atom stereocenters. The van der Waals surface area contributed by atoms with Crippen LogP contribution in [0.2, 0.25) is 5.02 Å². The van der Waals surface area contributed by atoms with Crippen molar-refractivity contribution >= 4 is 40.6 Å². The maximum atomic E-state index is 11.0. The van der Waals surface area contributed by atoms with Crippen LogP contribution in [0.1, 0.15) is 12.5 Å². The topological polar surface area (TPSA) is 97.4 Å². The molecule has 0 saturated heterocycles. The molecule has 9 heteroatoms. The van der Waals surface area contributed by atoms with Gasteiger partial charge in [-0.3, -0.25) is 4.79 Å². The van der Waals surface area contributed by atoms with Crippen molar-refractivity contribution in [3.63, 3.8) is 0 Å². The lowest BCUT2D eigenvalue weighted by molar-refractivity contribution is -0.119. The second kappa shape index (κ2) is 8.24. The zero-order valence-electron chi connectivity index (χ0n) is 15.5. The van der Waals surface area contributed by atoms with Crippen LogP contribution in [0.5, 0.6) is 11.5 Å². The van der Waals surface area contributed by atoms with Crippen molar-refractivity contribution < 1.29 is 14.3 Å². The number of benzene rings is 2. The van der Waals surface area contributed by atoms with Crippen LogP contribution in [-0.4, -0.2) is 22.7 Å². The Kier molecular flexibility index (Phi) is 5.35. The number of nitrogens with zero attached hydrogens (tertiary/aromatic N) is 2. The van der Waals surface area contributed by atoms with Gasteiger partial charge in [-0.15, -0.1) is 0 Å². The molecule has 0 fully saturated rings. The zero-order chi connectivity index (χ0) is 20.2. The zero-order valence-corrected chi connectivity index (χ0v) is 16.3. The minimum Gasteiger partial charge on any atom is -0.454 e. The van der Waals surface area contributed by atoms with E-state index in [2.05, 4.69) is 25.9 Å². The van der Waals surface area contributed by atoms with Gasteiger partial charge in [0.1, 0.15) is 11.5 Å². The summed E-state index contributed by atoms with van der Waals surface area (Å²) >= 11 is 6.30. The quantitative estimate of drug-likeness (QED) is 0.564.